The van der Waals surface area contributed by atoms with E-state index >= 15 is 0 Å². The molecule has 0 aromatic heterocycles. The van der Waals surface area contributed by atoms with E-state index in [0.717, 1.165) is 24.8 Å². The number of hydrogen-bond acceptors (Lipinski definition) is 0. The topological polar surface area (TPSA) is 3.01 Å². The molecule has 1 aliphatic carbocycles. The van der Waals surface area contributed by atoms with Crippen molar-refractivity contribution in [1.82, 2.24) is 0 Å². The number of likely N-dealkylation sites (N-methyl/N-ethyl adjacent to an activating group) is 1. The third kappa shape index (κ3) is 3.44. The van der Waals surface area contributed by atoms with Crippen LogP contribution < -0.4 is 0 Å². The Balaban J connectivity index is 2.09. The van der Waals surface area contributed by atoms with Crippen LogP contribution in [0.2, 0.25) is 0 Å². The summed E-state index contributed by atoms with van der Waals surface area (Å²) in [5, 5.41) is 0. The number of hydrogen-bond donors (Lipinski definition) is 0. The summed E-state index contributed by atoms with van der Waals surface area (Å²) in [6, 6.07) is 0. The van der Waals surface area contributed by atoms with Gasteiger partial charge in [-0.3, -0.25) is 0 Å². The zero-order valence-corrected chi connectivity index (χ0v) is 12.2. The molecule has 0 amide bonds. The number of rotatable bonds is 3. The van der Waals surface area contributed by atoms with E-state index in [4.69, 9.17) is 0 Å². The second-order valence-corrected chi connectivity index (χ2v) is 6.05. The lowest BCUT2D eigenvalue weighted by atomic mass is 10.0. The Bertz CT molecular complexity index is 421. The Kier molecular flexibility index (Phi) is 4.21. The monoisotopic (exact) mass is 244 g/mol. The van der Waals surface area contributed by atoms with Crippen LogP contribution in [0.1, 0.15) is 33.6 Å². The van der Waals surface area contributed by atoms with E-state index in [-0.39, 0.29) is 0 Å². The summed E-state index contributed by atoms with van der Waals surface area (Å²) in [5.74, 6) is 2.23. The number of nitrogens with zero attached hydrogens (tertiary/aromatic N) is 1. The van der Waals surface area contributed by atoms with E-state index in [0.29, 0.717) is 5.92 Å². The normalized spacial score (nSPS) is 30.6. The minimum atomic E-state index is 0.653. The molecule has 0 saturated heterocycles. The molecule has 0 radical (unpaired) electrons. The second-order valence-electron chi connectivity index (χ2n) is 6.05. The smallest absolute Gasteiger partial charge is 0.166 e. The molecule has 18 heavy (non-hydrogen) atoms. The van der Waals surface area contributed by atoms with E-state index < -0.39 is 0 Å². The predicted molar refractivity (Wildman–Crippen MR) is 79.1 cm³/mol. The van der Waals surface area contributed by atoms with Gasteiger partial charge in [0.1, 0.15) is 7.05 Å². The predicted octanol–water partition coefficient (Wildman–Crippen LogP) is 3.82. The molecule has 2 rings (SSSR count). The van der Waals surface area contributed by atoms with Crippen LogP contribution >= 0.6 is 0 Å². The molecule has 0 bridgehead atoms. The van der Waals surface area contributed by atoms with Gasteiger partial charge in [-0.05, 0) is 43.1 Å². The van der Waals surface area contributed by atoms with Crippen LogP contribution in [0, 0.1) is 17.8 Å². The van der Waals surface area contributed by atoms with Gasteiger partial charge >= 0.3 is 0 Å². The molecular weight excluding hydrogens is 218 g/mol. The second kappa shape index (κ2) is 5.69. The van der Waals surface area contributed by atoms with Crippen LogP contribution in [-0.4, -0.2) is 24.4 Å². The van der Waals surface area contributed by atoms with Crippen LogP contribution in [0.4, 0.5) is 0 Å². The summed E-state index contributed by atoms with van der Waals surface area (Å²) in [5.41, 5.74) is 3.11. The molecule has 2 unspecified atom stereocenters. The van der Waals surface area contributed by atoms with E-state index in [2.05, 4.69) is 62.9 Å². The molecule has 0 spiro atoms. The molecule has 1 aliphatic heterocycles. The highest BCUT2D eigenvalue weighted by Gasteiger charge is 2.38. The lowest BCUT2D eigenvalue weighted by molar-refractivity contribution is -0.483. The summed E-state index contributed by atoms with van der Waals surface area (Å²) >= 11 is 0. The summed E-state index contributed by atoms with van der Waals surface area (Å²) in [6.45, 7) is 7.72. The zero-order valence-electron chi connectivity index (χ0n) is 12.2. The van der Waals surface area contributed by atoms with Crippen molar-refractivity contribution in [2.24, 2.45) is 17.8 Å². The van der Waals surface area contributed by atoms with Gasteiger partial charge in [0.25, 0.3) is 0 Å². The maximum atomic E-state index is 2.45. The largest absolute Gasteiger partial charge is 0.234 e. The lowest BCUT2D eigenvalue weighted by Crippen LogP contribution is -2.11. The van der Waals surface area contributed by atoms with Crippen LogP contribution in [-0.2, 0) is 0 Å². The van der Waals surface area contributed by atoms with Gasteiger partial charge in [-0.1, -0.05) is 38.2 Å². The SMILES string of the molecule is CC=CC1CC1C1=CCC(=CC(C)C)C[N+](C)=C1. The van der Waals surface area contributed by atoms with Crippen LogP contribution in [0.25, 0.3) is 0 Å². The van der Waals surface area contributed by atoms with Gasteiger partial charge in [0.15, 0.2) is 12.8 Å². The maximum absolute atomic E-state index is 2.45. The molecule has 0 aromatic carbocycles. The average Bonchev–Trinajstić information content (AvgIpc) is 3.03. The van der Waals surface area contributed by atoms with Crippen molar-refractivity contribution in [2.45, 2.75) is 33.6 Å². The van der Waals surface area contributed by atoms with Gasteiger partial charge in [-0.15, -0.1) is 0 Å². The molecule has 1 nitrogen and oxygen atoms in total. The Morgan fingerprint density at radius 2 is 2.17 bits per heavy atom. The minimum Gasteiger partial charge on any atom is -0.234 e. The molecule has 2 aliphatic rings. The van der Waals surface area contributed by atoms with Crippen molar-refractivity contribution in [3.05, 3.63) is 35.5 Å². The molecule has 1 fully saturated rings. The molecule has 1 heterocycles. The van der Waals surface area contributed by atoms with Crippen molar-refractivity contribution >= 4 is 6.21 Å². The van der Waals surface area contributed by atoms with Crippen molar-refractivity contribution in [3.63, 3.8) is 0 Å². The highest BCUT2D eigenvalue weighted by atomic mass is 15.0. The van der Waals surface area contributed by atoms with E-state index in [9.17, 15) is 0 Å². The third-order valence-electron chi connectivity index (χ3n) is 3.70. The van der Waals surface area contributed by atoms with Crippen LogP contribution in [0.3, 0.4) is 0 Å². The fraction of sp³-hybridized carbons (Fsp3) is 0.588. The molecule has 1 heteroatoms. The molecule has 0 N–H and O–H groups in total. The molecule has 1 saturated carbocycles. The van der Waals surface area contributed by atoms with Crippen LogP contribution in [0.5, 0.6) is 0 Å². The zero-order chi connectivity index (χ0) is 13.1. The first-order chi connectivity index (χ1) is 8.60. The van der Waals surface area contributed by atoms with Crippen molar-refractivity contribution in [2.75, 3.05) is 13.6 Å². The third-order valence-corrected chi connectivity index (χ3v) is 3.70. The van der Waals surface area contributed by atoms with Crippen LogP contribution in [0.15, 0.2) is 35.5 Å². The highest BCUT2D eigenvalue weighted by Crippen LogP contribution is 2.45. The van der Waals surface area contributed by atoms with Gasteiger partial charge in [-0.2, -0.15) is 0 Å². The minimum absolute atomic E-state index is 0.653. The molecule has 2 atom stereocenters. The van der Waals surface area contributed by atoms with Gasteiger partial charge in [0, 0.05) is 5.57 Å². The molecule has 98 valence electrons. The van der Waals surface area contributed by atoms with Gasteiger partial charge in [0.2, 0.25) is 0 Å². The van der Waals surface area contributed by atoms with E-state index in [1.807, 2.05) is 0 Å². The van der Waals surface area contributed by atoms with Gasteiger partial charge in [-0.25, -0.2) is 4.58 Å². The Labute approximate surface area is 112 Å². The first-order valence-electron chi connectivity index (χ1n) is 7.17. The fourth-order valence-electron chi connectivity index (χ4n) is 2.88. The molecule has 0 aromatic rings. The number of allylic oxidation sites excluding steroid dienone is 5. The van der Waals surface area contributed by atoms with Gasteiger partial charge in [0.05, 0.1) is 0 Å². The summed E-state index contributed by atoms with van der Waals surface area (Å²) in [7, 11) is 2.19. The van der Waals surface area contributed by atoms with Crippen molar-refractivity contribution in [1.29, 1.82) is 0 Å². The quantitative estimate of drug-likeness (QED) is 0.524. The first kappa shape index (κ1) is 13.3. The summed E-state index contributed by atoms with van der Waals surface area (Å²) in [4.78, 5) is 0. The average molecular weight is 244 g/mol. The van der Waals surface area contributed by atoms with E-state index in [1.165, 1.54) is 6.42 Å². The summed E-state index contributed by atoms with van der Waals surface area (Å²) < 4.78 is 2.35. The van der Waals surface area contributed by atoms with Gasteiger partial charge < -0.3 is 0 Å². The lowest BCUT2D eigenvalue weighted by Gasteiger charge is -2.02. The maximum Gasteiger partial charge on any atom is 0.166 e. The summed E-state index contributed by atoms with van der Waals surface area (Å²) in [6.07, 6.45) is 14.2. The Morgan fingerprint density at radius 1 is 1.39 bits per heavy atom. The highest BCUT2D eigenvalue weighted by molar-refractivity contribution is 5.76. The Morgan fingerprint density at radius 3 is 2.83 bits per heavy atom. The first-order valence-corrected chi connectivity index (χ1v) is 7.17. The standard InChI is InChI=1S/C17H26N/c1-5-6-15-10-17(15)16-8-7-14(9-13(2)3)11-18(4)12-16/h5-6,8-9,12-13,15,17H,7,10-11H2,1-4H3/q+1. The van der Waals surface area contributed by atoms with Crippen molar-refractivity contribution < 1.29 is 4.58 Å². The fourth-order valence-corrected chi connectivity index (χ4v) is 2.88. The molecular formula is C17H26N+. The Hall–Kier alpha value is -1.11. The van der Waals surface area contributed by atoms with Crippen molar-refractivity contribution in [3.8, 4) is 0 Å². The van der Waals surface area contributed by atoms with E-state index in [1.54, 1.807) is 11.1 Å².